The van der Waals surface area contributed by atoms with Gasteiger partial charge in [0.05, 0.1) is 11.7 Å². The Hall–Kier alpha value is -1.90. The summed E-state index contributed by atoms with van der Waals surface area (Å²) in [6, 6.07) is 10.7. The van der Waals surface area contributed by atoms with E-state index in [9.17, 15) is 8.78 Å². The van der Waals surface area contributed by atoms with Crippen molar-refractivity contribution in [3.05, 3.63) is 64.7 Å². The Morgan fingerprint density at radius 3 is 2.45 bits per heavy atom. The van der Waals surface area contributed by atoms with Gasteiger partial charge in [0.25, 0.3) is 0 Å². The van der Waals surface area contributed by atoms with Crippen molar-refractivity contribution >= 4 is 5.69 Å². The maximum Gasteiger partial charge on any atom is 0.149 e. The SMILES string of the molecule is CC(C)c1ccc(C2Cc3cc(F)cc(F)c3N2)cc1. The molecule has 0 aromatic heterocycles. The van der Waals surface area contributed by atoms with Gasteiger partial charge in [-0.25, -0.2) is 8.78 Å². The highest BCUT2D eigenvalue weighted by Crippen LogP contribution is 2.36. The van der Waals surface area contributed by atoms with Crippen LogP contribution in [-0.4, -0.2) is 0 Å². The van der Waals surface area contributed by atoms with Crippen LogP contribution in [-0.2, 0) is 6.42 Å². The number of hydrogen-bond acceptors (Lipinski definition) is 1. The van der Waals surface area contributed by atoms with Gasteiger partial charge >= 0.3 is 0 Å². The molecule has 1 atom stereocenters. The van der Waals surface area contributed by atoms with Gasteiger partial charge in [0, 0.05) is 6.07 Å². The predicted octanol–water partition coefficient (Wildman–Crippen LogP) is 4.80. The van der Waals surface area contributed by atoms with E-state index in [1.54, 1.807) is 0 Å². The first kappa shape index (κ1) is 13.1. The summed E-state index contributed by atoms with van der Waals surface area (Å²) in [7, 11) is 0. The molecule has 1 nitrogen and oxygen atoms in total. The summed E-state index contributed by atoms with van der Waals surface area (Å²) in [6.45, 7) is 4.30. The van der Waals surface area contributed by atoms with Crippen LogP contribution in [0.5, 0.6) is 0 Å². The quantitative estimate of drug-likeness (QED) is 0.829. The zero-order valence-corrected chi connectivity index (χ0v) is 11.6. The molecule has 1 aliphatic rings. The number of halogens is 2. The Morgan fingerprint density at radius 1 is 1.10 bits per heavy atom. The third-order valence-corrected chi connectivity index (χ3v) is 3.88. The number of anilines is 1. The topological polar surface area (TPSA) is 12.0 Å². The molecular formula is C17H17F2N. The van der Waals surface area contributed by atoms with Crippen molar-refractivity contribution in [1.29, 1.82) is 0 Å². The van der Waals surface area contributed by atoms with Gasteiger partial charge in [-0.1, -0.05) is 38.1 Å². The van der Waals surface area contributed by atoms with E-state index in [1.807, 2.05) is 0 Å². The molecule has 0 fully saturated rings. The molecule has 104 valence electrons. The molecule has 1 unspecified atom stereocenters. The summed E-state index contributed by atoms with van der Waals surface area (Å²) >= 11 is 0. The summed E-state index contributed by atoms with van der Waals surface area (Å²) in [5.74, 6) is -0.538. The van der Waals surface area contributed by atoms with Gasteiger partial charge in [-0.05, 0) is 35.1 Å². The van der Waals surface area contributed by atoms with Crippen molar-refractivity contribution in [2.75, 3.05) is 5.32 Å². The van der Waals surface area contributed by atoms with Crippen LogP contribution >= 0.6 is 0 Å². The fourth-order valence-corrected chi connectivity index (χ4v) is 2.71. The third kappa shape index (κ3) is 2.28. The van der Waals surface area contributed by atoms with Crippen LogP contribution in [0, 0.1) is 11.6 Å². The molecule has 1 aliphatic heterocycles. The van der Waals surface area contributed by atoms with Crippen molar-refractivity contribution in [1.82, 2.24) is 0 Å². The lowest BCUT2D eigenvalue weighted by molar-refractivity contribution is 0.585. The van der Waals surface area contributed by atoms with E-state index < -0.39 is 11.6 Å². The molecule has 0 aliphatic carbocycles. The van der Waals surface area contributed by atoms with E-state index in [0.29, 0.717) is 23.6 Å². The number of nitrogens with one attached hydrogen (secondary N) is 1. The molecule has 1 heterocycles. The first-order valence-corrected chi connectivity index (χ1v) is 6.89. The van der Waals surface area contributed by atoms with E-state index in [1.165, 1.54) is 11.6 Å². The Labute approximate surface area is 117 Å². The highest BCUT2D eigenvalue weighted by Gasteiger charge is 2.25. The monoisotopic (exact) mass is 273 g/mol. The van der Waals surface area contributed by atoms with Crippen molar-refractivity contribution in [3.8, 4) is 0 Å². The van der Waals surface area contributed by atoms with Crippen LogP contribution in [0.4, 0.5) is 14.5 Å². The van der Waals surface area contributed by atoms with Crippen LogP contribution in [0.2, 0.25) is 0 Å². The zero-order chi connectivity index (χ0) is 14.3. The molecule has 2 aromatic rings. The standard InChI is InChI=1S/C17H17F2N/c1-10(2)11-3-5-12(6-4-11)16-8-13-7-14(18)9-15(19)17(13)20-16/h3-7,9-10,16,20H,8H2,1-2H3. The average molecular weight is 273 g/mol. The zero-order valence-electron chi connectivity index (χ0n) is 11.6. The first-order chi connectivity index (χ1) is 9.54. The molecule has 1 N–H and O–H groups in total. The lowest BCUT2D eigenvalue weighted by atomic mass is 9.98. The van der Waals surface area contributed by atoms with Crippen LogP contribution < -0.4 is 5.32 Å². The van der Waals surface area contributed by atoms with E-state index in [2.05, 4.69) is 43.4 Å². The number of hydrogen-bond donors (Lipinski definition) is 1. The van der Waals surface area contributed by atoms with Crippen LogP contribution in [0.1, 0.15) is 42.5 Å². The van der Waals surface area contributed by atoms with Crippen molar-refractivity contribution in [3.63, 3.8) is 0 Å². The van der Waals surface area contributed by atoms with Crippen molar-refractivity contribution in [2.45, 2.75) is 32.2 Å². The molecule has 0 bridgehead atoms. The van der Waals surface area contributed by atoms with Gasteiger partial charge < -0.3 is 5.32 Å². The van der Waals surface area contributed by atoms with E-state index in [-0.39, 0.29) is 6.04 Å². The Balaban J connectivity index is 1.86. The summed E-state index contributed by atoms with van der Waals surface area (Å²) < 4.78 is 26.9. The second kappa shape index (κ2) is 4.89. The highest BCUT2D eigenvalue weighted by atomic mass is 19.1. The van der Waals surface area contributed by atoms with Crippen LogP contribution in [0.15, 0.2) is 36.4 Å². The Kier molecular flexibility index (Phi) is 3.20. The normalized spacial score (nSPS) is 17.1. The number of fused-ring (bicyclic) bond motifs is 1. The second-order valence-electron chi connectivity index (χ2n) is 5.64. The van der Waals surface area contributed by atoms with E-state index in [0.717, 1.165) is 11.6 Å². The maximum atomic E-state index is 13.7. The van der Waals surface area contributed by atoms with Crippen molar-refractivity contribution < 1.29 is 8.78 Å². The third-order valence-electron chi connectivity index (χ3n) is 3.88. The van der Waals surface area contributed by atoms with Gasteiger partial charge in [-0.3, -0.25) is 0 Å². The Morgan fingerprint density at radius 2 is 1.80 bits per heavy atom. The molecule has 0 amide bonds. The average Bonchev–Trinajstić information content (AvgIpc) is 2.83. The molecule has 0 spiro atoms. The van der Waals surface area contributed by atoms with Crippen LogP contribution in [0.3, 0.4) is 0 Å². The smallest absolute Gasteiger partial charge is 0.149 e. The van der Waals surface area contributed by atoms with Crippen molar-refractivity contribution in [2.24, 2.45) is 0 Å². The van der Waals surface area contributed by atoms with E-state index >= 15 is 0 Å². The summed E-state index contributed by atoms with van der Waals surface area (Å²) in [5, 5.41) is 3.15. The largest absolute Gasteiger partial charge is 0.375 e. The molecule has 0 radical (unpaired) electrons. The molecule has 3 heteroatoms. The van der Waals surface area contributed by atoms with Gasteiger partial charge in [0.15, 0.2) is 0 Å². The highest BCUT2D eigenvalue weighted by molar-refractivity contribution is 5.59. The molecular weight excluding hydrogens is 256 g/mol. The lowest BCUT2D eigenvalue weighted by Crippen LogP contribution is -2.06. The van der Waals surface area contributed by atoms with E-state index in [4.69, 9.17) is 0 Å². The first-order valence-electron chi connectivity index (χ1n) is 6.89. The summed E-state index contributed by atoms with van der Waals surface area (Å²) in [6.07, 6.45) is 0.616. The summed E-state index contributed by atoms with van der Waals surface area (Å²) in [4.78, 5) is 0. The fourth-order valence-electron chi connectivity index (χ4n) is 2.71. The summed E-state index contributed by atoms with van der Waals surface area (Å²) in [5.41, 5.74) is 3.52. The molecule has 20 heavy (non-hydrogen) atoms. The minimum atomic E-state index is -0.515. The fraction of sp³-hybridized carbons (Fsp3) is 0.294. The number of rotatable bonds is 2. The minimum Gasteiger partial charge on any atom is -0.375 e. The van der Waals surface area contributed by atoms with Crippen LogP contribution in [0.25, 0.3) is 0 Å². The minimum absolute atomic E-state index is 0.0162. The Bertz CT molecular complexity index is 632. The second-order valence-corrected chi connectivity index (χ2v) is 5.64. The van der Waals surface area contributed by atoms with Gasteiger partial charge in [-0.2, -0.15) is 0 Å². The molecule has 0 saturated carbocycles. The predicted molar refractivity (Wildman–Crippen MR) is 77.0 cm³/mol. The van der Waals surface area contributed by atoms with Gasteiger partial charge in [0.1, 0.15) is 11.6 Å². The van der Waals surface area contributed by atoms with Gasteiger partial charge in [0.2, 0.25) is 0 Å². The molecule has 0 saturated heterocycles. The molecule has 3 rings (SSSR count). The maximum absolute atomic E-state index is 13.7. The number of benzene rings is 2. The molecule has 2 aromatic carbocycles. The lowest BCUT2D eigenvalue weighted by Gasteiger charge is -2.13. The van der Waals surface area contributed by atoms with Gasteiger partial charge in [-0.15, -0.1) is 0 Å².